The first-order chi connectivity index (χ1) is 15.0. The van der Waals surface area contributed by atoms with Gasteiger partial charge >= 0.3 is 12.0 Å². The van der Waals surface area contributed by atoms with Gasteiger partial charge in [-0.2, -0.15) is 0 Å². The zero-order valence-corrected chi connectivity index (χ0v) is 17.7. The van der Waals surface area contributed by atoms with E-state index in [0.717, 1.165) is 0 Å². The molecule has 2 N–H and O–H groups in total. The van der Waals surface area contributed by atoms with Crippen LogP contribution in [0.25, 0.3) is 0 Å². The van der Waals surface area contributed by atoms with E-state index >= 15 is 0 Å². The van der Waals surface area contributed by atoms with Crippen molar-refractivity contribution in [1.82, 2.24) is 10.6 Å². The number of carbonyl (C=O) groups is 2. The first-order valence-electron chi connectivity index (χ1n) is 9.38. The SMILES string of the molecule is COC(=O)C1=C(COc2ccc(OC)cc2)NC(=O)N[C@@H]1c1ccc(OC)c(OC)c1. The van der Waals surface area contributed by atoms with Crippen LogP contribution in [0.3, 0.4) is 0 Å². The van der Waals surface area contributed by atoms with Gasteiger partial charge in [0.05, 0.1) is 45.8 Å². The summed E-state index contributed by atoms with van der Waals surface area (Å²) in [4.78, 5) is 25.0. The molecule has 2 aromatic carbocycles. The highest BCUT2D eigenvalue weighted by Gasteiger charge is 2.34. The maximum Gasteiger partial charge on any atom is 0.338 e. The van der Waals surface area contributed by atoms with Crippen LogP contribution in [0.4, 0.5) is 4.79 Å². The molecule has 0 radical (unpaired) electrons. The number of ether oxygens (including phenoxy) is 5. The van der Waals surface area contributed by atoms with Gasteiger partial charge in [0.1, 0.15) is 18.1 Å². The average Bonchev–Trinajstić information content (AvgIpc) is 2.81. The van der Waals surface area contributed by atoms with E-state index in [0.29, 0.717) is 34.3 Å². The van der Waals surface area contributed by atoms with Gasteiger partial charge in [-0.05, 0) is 42.0 Å². The van der Waals surface area contributed by atoms with Crippen molar-refractivity contribution in [1.29, 1.82) is 0 Å². The zero-order chi connectivity index (χ0) is 22.4. The number of hydrogen-bond acceptors (Lipinski definition) is 7. The molecule has 1 heterocycles. The van der Waals surface area contributed by atoms with Gasteiger partial charge < -0.3 is 34.3 Å². The predicted octanol–water partition coefficient (Wildman–Crippen LogP) is 2.57. The lowest BCUT2D eigenvalue weighted by Crippen LogP contribution is -2.47. The molecule has 1 aliphatic heterocycles. The van der Waals surface area contributed by atoms with Crippen molar-refractivity contribution in [3.8, 4) is 23.0 Å². The van der Waals surface area contributed by atoms with Crippen LogP contribution in [-0.2, 0) is 9.53 Å². The van der Waals surface area contributed by atoms with Gasteiger partial charge in [0.25, 0.3) is 0 Å². The van der Waals surface area contributed by atoms with Crippen LogP contribution in [0.15, 0.2) is 53.7 Å². The van der Waals surface area contributed by atoms with Crippen LogP contribution in [0.5, 0.6) is 23.0 Å². The van der Waals surface area contributed by atoms with Crippen molar-refractivity contribution >= 4 is 12.0 Å². The van der Waals surface area contributed by atoms with Crippen LogP contribution in [0, 0.1) is 0 Å². The molecule has 1 atom stereocenters. The second-order valence-corrected chi connectivity index (χ2v) is 6.49. The topological polar surface area (TPSA) is 104 Å². The van der Waals surface area contributed by atoms with Gasteiger partial charge in [0, 0.05) is 0 Å². The lowest BCUT2D eigenvalue weighted by molar-refractivity contribution is -0.136. The monoisotopic (exact) mass is 428 g/mol. The molecule has 0 spiro atoms. The first-order valence-corrected chi connectivity index (χ1v) is 9.38. The number of nitrogens with one attached hydrogen (secondary N) is 2. The van der Waals surface area contributed by atoms with Crippen molar-refractivity contribution in [3.63, 3.8) is 0 Å². The second kappa shape index (κ2) is 9.75. The normalized spacial score (nSPS) is 15.5. The molecule has 2 amide bonds. The predicted molar refractivity (Wildman–Crippen MR) is 111 cm³/mol. The van der Waals surface area contributed by atoms with Gasteiger partial charge in [-0.25, -0.2) is 9.59 Å². The molecule has 0 aromatic heterocycles. The molecule has 0 saturated heterocycles. The van der Waals surface area contributed by atoms with Gasteiger partial charge in [0.15, 0.2) is 11.5 Å². The molecule has 2 aromatic rings. The molecule has 0 aliphatic carbocycles. The Kier molecular flexibility index (Phi) is 6.86. The van der Waals surface area contributed by atoms with Crippen LogP contribution >= 0.6 is 0 Å². The first kappa shape index (κ1) is 21.8. The van der Waals surface area contributed by atoms with Crippen molar-refractivity contribution in [2.75, 3.05) is 35.0 Å². The fourth-order valence-electron chi connectivity index (χ4n) is 3.19. The van der Waals surface area contributed by atoms with E-state index in [1.165, 1.54) is 21.3 Å². The highest BCUT2D eigenvalue weighted by Crippen LogP contribution is 2.34. The van der Waals surface area contributed by atoms with Crippen LogP contribution in [0.2, 0.25) is 0 Å². The number of esters is 1. The summed E-state index contributed by atoms with van der Waals surface area (Å²) in [7, 11) is 5.88. The molecule has 31 heavy (non-hydrogen) atoms. The summed E-state index contributed by atoms with van der Waals surface area (Å²) in [5.74, 6) is 1.63. The molecule has 3 rings (SSSR count). The third-order valence-electron chi connectivity index (χ3n) is 4.74. The Bertz CT molecular complexity index is 986. The summed E-state index contributed by atoms with van der Waals surface area (Å²) in [6, 6.07) is 10.8. The maximum atomic E-state index is 12.6. The fourth-order valence-corrected chi connectivity index (χ4v) is 3.19. The maximum absolute atomic E-state index is 12.6. The highest BCUT2D eigenvalue weighted by atomic mass is 16.5. The van der Waals surface area contributed by atoms with E-state index in [1.54, 1.807) is 49.6 Å². The van der Waals surface area contributed by atoms with Crippen molar-refractivity contribution in [2.24, 2.45) is 0 Å². The van der Waals surface area contributed by atoms with E-state index in [-0.39, 0.29) is 12.2 Å². The number of methoxy groups -OCH3 is 4. The van der Waals surface area contributed by atoms with E-state index in [9.17, 15) is 9.59 Å². The third kappa shape index (κ3) is 4.82. The molecule has 0 fully saturated rings. The Hall–Kier alpha value is -3.88. The van der Waals surface area contributed by atoms with Gasteiger partial charge in [-0.3, -0.25) is 0 Å². The summed E-state index contributed by atoms with van der Waals surface area (Å²) in [6.07, 6.45) is 0. The minimum atomic E-state index is -0.768. The van der Waals surface area contributed by atoms with E-state index in [2.05, 4.69) is 10.6 Å². The summed E-state index contributed by atoms with van der Waals surface area (Å²) < 4.78 is 26.5. The van der Waals surface area contributed by atoms with E-state index < -0.39 is 18.0 Å². The molecule has 9 nitrogen and oxygen atoms in total. The van der Waals surface area contributed by atoms with E-state index in [4.69, 9.17) is 23.7 Å². The fraction of sp³-hybridized carbons (Fsp3) is 0.273. The largest absolute Gasteiger partial charge is 0.497 e. The molecule has 164 valence electrons. The number of carbonyl (C=O) groups excluding carboxylic acids is 2. The molecular weight excluding hydrogens is 404 g/mol. The Morgan fingerprint density at radius 1 is 0.903 bits per heavy atom. The summed E-state index contributed by atoms with van der Waals surface area (Å²) in [6.45, 7) is -0.0476. The van der Waals surface area contributed by atoms with Crippen LogP contribution in [-0.4, -0.2) is 47.0 Å². The van der Waals surface area contributed by atoms with Crippen molar-refractivity contribution < 1.29 is 33.3 Å². The smallest absolute Gasteiger partial charge is 0.338 e. The minimum Gasteiger partial charge on any atom is -0.497 e. The summed E-state index contributed by atoms with van der Waals surface area (Å²) >= 11 is 0. The average molecular weight is 428 g/mol. The molecule has 9 heteroatoms. The molecule has 1 aliphatic rings. The van der Waals surface area contributed by atoms with Crippen molar-refractivity contribution in [2.45, 2.75) is 6.04 Å². The number of rotatable bonds is 8. The van der Waals surface area contributed by atoms with Gasteiger partial charge in [0.2, 0.25) is 0 Å². The standard InChI is InChI=1S/C22H24N2O7/c1-27-14-6-8-15(9-7-14)31-12-16-19(21(25)30-4)20(24-22(26)23-16)13-5-10-17(28-2)18(11-13)29-3/h5-11,20H,12H2,1-4H3,(H2,23,24,26)/t20-/m1/s1. The van der Waals surface area contributed by atoms with Gasteiger partial charge in [-0.15, -0.1) is 0 Å². The molecule has 0 bridgehead atoms. The summed E-state index contributed by atoms with van der Waals surface area (Å²) in [5.41, 5.74) is 1.14. The third-order valence-corrected chi connectivity index (χ3v) is 4.74. The zero-order valence-electron chi connectivity index (χ0n) is 17.7. The second-order valence-electron chi connectivity index (χ2n) is 6.49. The number of amides is 2. The Morgan fingerprint density at radius 2 is 1.58 bits per heavy atom. The Labute approximate surface area is 179 Å². The van der Waals surface area contributed by atoms with Crippen LogP contribution in [0.1, 0.15) is 11.6 Å². The Morgan fingerprint density at radius 3 is 2.19 bits per heavy atom. The molecule has 0 saturated carbocycles. The number of hydrogen-bond donors (Lipinski definition) is 2. The minimum absolute atomic E-state index is 0.0476. The number of benzene rings is 2. The molecular formula is C22H24N2O7. The van der Waals surface area contributed by atoms with Crippen LogP contribution < -0.4 is 29.6 Å². The molecule has 0 unspecified atom stereocenters. The quantitative estimate of drug-likeness (QED) is 0.623. The lowest BCUT2D eigenvalue weighted by atomic mass is 9.95. The van der Waals surface area contributed by atoms with E-state index in [1.807, 2.05) is 0 Å². The number of urea groups is 1. The lowest BCUT2D eigenvalue weighted by Gasteiger charge is -2.29. The van der Waals surface area contributed by atoms with Crippen molar-refractivity contribution in [3.05, 3.63) is 59.3 Å². The summed E-state index contributed by atoms with van der Waals surface area (Å²) in [5, 5.41) is 5.40. The van der Waals surface area contributed by atoms with Gasteiger partial charge in [-0.1, -0.05) is 6.07 Å². The highest BCUT2D eigenvalue weighted by molar-refractivity contribution is 5.95. The Balaban J connectivity index is 1.96.